The zero-order valence-corrected chi connectivity index (χ0v) is 72.8. The standard InChI is InChI=1S/C89H99Cl2N9O34/c1-4-33(2)9-7-5-6-8-10-59(109)94-68-75(115)72(112)57(31-102)131-88(68)134-79-54-25-40-26-55(79)128-51-18-14-38(23-47(51)91)78(133-87-67(93-34(3)104)74(114)71(111)56(30-101)130-87)69-85(123)98-65(86(124)125)45-28-42(106)29-53(129-89-77(117)76(116)73(113)58(32-103)132-89)60(45)44-21-36(12-15-48(44)107)62(81(119)100-69)95-83(121)64(40)96-82(120)63-39-19-41(105)27-43(20-39)126-52-24-35(11-16-49(52)108)61(92)80(118)99-66(84(122)97-63)70(110)37-13-17-50(127-54)46(90)22-37/h11-29,33,56-58,61-78,87-89,101-103,105-108,110-117H,4-10,30-32,92H2,1-3H3,(H,93,104)(H,94,109)(H,95,121)(H,96,120)(H,97,122)(H,98,123)(H,99,118)(H,100,119)(H,124,125)/t33?,56-,57-,58-,61+,62+,63+,64-,65+,66-,67-,68-,69+,70-,71-,72-,73-,74-,75-,76+,77-,78-,87+,88+,89-/m1/s1. The largest absolute Gasteiger partial charge is 0.508 e. The number of amides is 8. The van der Waals surface area contributed by atoms with Gasteiger partial charge in [0.1, 0.15) is 162 Å². The summed E-state index contributed by atoms with van der Waals surface area (Å²) in [7, 11) is 0. The van der Waals surface area contributed by atoms with E-state index in [0.717, 1.165) is 142 Å². The Bertz CT molecular complexity index is 5630. The Morgan fingerprint density at radius 2 is 1.01 bits per heavy atom. The minimum absolute atomic E-state index is 0.0568. The van der Waals surface area contributed by atoms with Crippen LogP contribution in [0, 0.1) is 5.92 Å². The average molecular weight is 1910 g/mol. The lowest BCUT2D eigenvalue weighted by molar-refractivity contribution is -0.284. The fourth-order valence-electron chi connectivity index (χ4n) is 16.7. The van der Waals surface area contributed by atoms with E-state index in [1.165, 1.54) is 6.07 Å². The lowest BCUT2D eigenvalue weighted by atomic mass is 9.89. The molecule has 45 heteroatoms. The molecule has 25 atom stereocenters. The van der Waals surface area contributed by atoms with Crippen LogP contribution in [0.4, 0.5) is 0 Å². The quantitative estimate of drug-likeness (QED) is 0.0471. The highest BCUT2D eigenvalue weighted by molar-refractivity contribution is 6.32. The number of carbonyl (C=O) groups is 9. The summed E-state index contributed by atoms with van der Waals surface area (Å²) in [6.45, 7) is 1.97. The maximum absolute atomic E-state index is 17.0. The van der Waals surface area contributed by atoms with E-state index in [-0.39, 0.29) is 17.5 Å². The lowest BCUT2D eigenvalue weighted by Crippen LogP contribution is -2.65. The number of benzene rings is 7. The normalized spacial score (nSPS) is 29.4. The van der Waals surface area contributed by atoms with Crippen LogP contribution in [0.2, 0.25) is 10.0 Å². The first-order valence-electron chi connectivity index (χ1n) is 42.6. The van der Waals surface area contributed by atoms with Gasteiger partial charge < -0.3 is 173 Å². The molecule has 0 aromatic heterocycles. The number of carbonyl (C=O) groups excluding carboxylic acids is 8. The number of aromatic hydroxyl groups is 4. The van der Waals surface area contributed by atoms with Gasteiger partial charge in [-0.05, 0) is 125 Å². The number of aliphatic carboxylic acids is 1. The van der Waals surface area contributed by atoms with Gasteiger partial charge in [0, 0.05) is 42.2 Å². The summed E-state index contributed by atoms with van der Waals surface area (Å²) < 4.78 is 57.4. The Kier molecular flexibility index (Phi) is 30.3. The van der Waals surface area contributed by atoms with Gasteiger partial charge >= 0.3 is 5.97 Å². The molecule has 0 radical (unpaired) electrons. The predicted molar refractivity (Wildman–Crippen MR) is 459 cm³/mol. The third-order valence-electron chi connectivity index (χ3n) is 24.1. The summed E-state index contributed by atoms with van der Waals surface area (Å²) in [4.78, 5) is 139. The van der Waals surface area contributed by atoms with Crippen LogP contribution in [-0.4, -0.2) is 259 Å². The second kappa shape index (κ2) is 41.4. The molecule has 26 N–H and O–H groups in total. The summed E-state index contributed by atoms with van der Waals surface area (Å²) in [6.07, 6.45) is -26.9. The van der Waals surface area contributed by atoms with Crippen LogP contribution >= 0.6 is 23.2 Å². The summed E-state index contributed by atoms with van der Waals surface area (Å²) in [5.74, 6) is -20.3. The highest BCUT2D eigenvalue weighted by Crippen LogP contribution is 2.51. The molecule has 43 nitrogen and oxygen atoms in total. The van der Waals surface area contributed by atoms with Gasteiger partial charge in [-0.1, -0.05) is 93.4 Å². The number of phenols is 4. The number of hydrogen-bond donors (Lipinski definition) is 25. The lowest BCUT2D eigenvalue weighted by Gasteiger charge is -2.44. The molecule has 134 heavy (non-hydrogen) atoms. The Labute approximate surface area is 770 Å². The third kappa shape index (κ3) is 20.9. The number of ether oxygens (including phenoxy) is 9. The van der Waals surface area contributed by atoms with Crippen LogP contribution in [0.5, 0.6) is 69.0 Å². The molecule has 0 aliphatic carbocycles. The molecule has 17 bridgehead atoms. The van der Waals surface area contributed by atoms with Gasteiger partial charge in [-0.2, -0.15) is 0 Å². The molecule has 0 spiro atoms. The first kappa shape index (κ1) is 97.9. The van der Waals surface area contributed by atoms with Crippen molar-refractivity contribution in [2.24, 2.45) is 11.7 Å². The molecule has 7 aromatic rings. The van der Waals surface area contributed by atoms with Crippen LogP contribution in [0.1, 0.15) is 147 Å². The van der Waals surface area contributed by atoms with Crippen molar-refractivity contribution >= 4 is 76.4 Å². The molecule has 3 fully saturated rings. The minimum atomic E-state index is -2.61. The van der Waals surface area contributed by atoms with Gasteiger partial charge in [0.15, 0.2) is 35.3 Å². The number of halogens is 2. The number of hydrogen-bond acceptors (Lipinski definition) is 34. The predicted octanol–water partition coefficient (Wildman–Crippen LogP) is 0.901. The molecule has 16 rings (SSSR count). The van der Waals surface area contributed by atoms with Crippen LogP contribution < -0.4 is 72.0 Å². The SMILES string of the molecule is CCC(C)CCCCCCC(=O)N[C@H]1[C@H](Oc2c3cc4cc2Oc2ccc(cc2Cl)[C@@H](O[C@@H]2O[C@H](CO)[C@@H](O)[C@H](O)[C@H]2NC(C)=O)[C@@H]2NC(=O)[C@@H](NC(=O)[C@@H]4NC(=O)[C@H]4NC(=O)[C@H](NC(=O)[C@@H](N)c5ccc(O)c(c5)Oc5cc(O)cc4c5)[C@H](O)c4ccc(c(Cl)c4)O3)c3ccc(O)c(c3)-c3c(O[C@@H]4O[C@H](CO)[C@@H](O)[C@H](O)[C@H]4O)cc(O)cc3[C@@H](C(=O)O)NC2=O)O[C@H](CO)[C@@H](O)[C@@H]1O. The number of rotatable bonds is 20. The maximum atomic E-state index is 17.0. The molecule has 718 valence electrons. The Morgan fingerprint density at radius 1 is 0.485 bits per heavy atom. The number of carboxylic acid groups (broad SMARTS) is 1. The van der Waals surface area contributed by atoms with E-state index < -0.39 is 338 Å². The molecule has 0 saturated carbocycles. The van der Waals surface area contributed by atoms with E-state index in [1.54, 1.807) is 0 Å². The van der Waals surface area contributed by atoms with Crippen LogP contribution in [0.25, 0.3) is 11.1 Å². The summed E-state index contributed by atoms with van der Waals surface area (Å²) in [5.41, 5.74) is 2.02. The zero-order valence-electron chi connectivity index (χ0n) is 71.3. The number of aliphatic hydroxyl groups excluding tert-OH is 11. The Morgan fingerprint density at radius 3 is 1.63 bits per heavy atom. The Hall–Kier alpha value is -12.1. The second-order valence-corrected chi connectivity index (χ2v) is 34.2. The molecule has 1 unspecified atom stereocenters. The molecule has 8 amide bonds. The van der Waals surface area contributed by atoms with E-state index in [1.807, 2.05) is 0 Å². The van der Waals surface area contributed by atoms with Crippen molar-refractivity contribution in [1.29, 1.82) is 0 Å². The van der Waals surface area contributed by atoms with Gasteiger partial charge in [0.25, 0.3) is 0 Å². The summed E-state index contributed by atoms with van der Waals surface area (Å²) in [6, 6.07) is -1.36. The number of phenolic OH excluding ortho intramolecular Hbond substituents is 4. The molecule has 7 aromatic carbocycles. The Balaban J connectivity index is 1.04. The van der Waals surface area contributed by atoms with Gasteiger partial charge in [-0.15, -0.1) is 0 Å². The zero-order chi connectivity index (χ0) is 96.4. The monoisotopic (exact) mass is 1910 g/mol. The van der Waals surface area contributed by atoms with Crippen molar-refractivity contribution in [2.75, 3.05) is 19.8 Å². The van der Waals surface area contributed by atoms with Crippen molar-refractivity contribution in [3.63, 3.8) is 0 Å². The smallest absolute Gasteiger partial charge is 0.330 e. The summed E-state index contributed by atoms with van der Waals surface area (Å²) >= 11 is 14.7. The van der Waals surface area contributed by atoms with E-state index in [2.05, 4.69) is 56.4 Å². The van der Waals surface area contributed by atoms with Crippen molar-refractivity contribution in [3.8, 4) is 80.1 Å². The van der Waals surface area contributed by atoms with Crippen LogP contribution in [0.3, 0.4) is 0 Å². The fourth-order valence-corrected chi connectivity index (χ4v) is 17.1. The van der Waals surface area contributed by atoms with Crippen LogP contribution in [-0.2, 0) is 62.1 Å². The molecule has 9 aliphatic heterocycles. The van der Waals surface area contributed by atoms with Gasteiger partial charge in [0.05, 0.1) is 29.9 Å². The highest BCUT2D eigenvalue weighted by atomic mass is 35.5. The highest BCUT2D eigenvalue weighted by Gasteiger charge is 2.53. The van der Waals surface area contributed by atoms with Crippen molar-refractivity contribution in [3.05, 3.63) is 164 Å². The molecular weight excluding hydrogens is 1810 g/mol. The maximum Gasteiger partial charge on any atom is 0.330 e. The summed E-state index contributed by atoms with van der Waals surface area (Å²) in [5, 5.41) is 202. The van der Waals surface area contributed by atoms with E-state index >= 15 is 24.0 Å². The van der Waals surface area contributed by atoms with Crippen molar-refractivity contribution in [1.82, 2.24) is 42.5 Å². The van der Waals surface area contributed by atoms with E-state index in [0.29, 0.717) is 18.8 Å². The molecule has 9 aliphatic rings. The minimum Gasteiger partial charge on any atom is -0.508 e. The second-order valence-electron chi connectivity index (χ2n) is 33.4. The number of aliphatic hydroxyl groups is 11. The number of carboxylic acids is 1. The number of fused-ring (bicyclic) bond motifs is 14. The third-order valence-corrected chi connectivity index (χ3v) is 24.7. The van der Waals surface area contributed by atoms with E-state index in [9.17, 15) is 101 Å². The molecular formula is C89H99Cl2N9O34. The van der Waals surface area contributed by atoms with Crippen LogP contribution in [0.15, 0.2) is 115 Å². The van der Waals surface area contributed by atoms with Gasteiger partial charge in [-0.25, -0.2) is 4.79 Å². The van der Waals surface area contributed by atoms with Crippen molar-refractivity contribution < 1.29 is 167 Å². The topological polar surface area (TPSA) is 683 Å². The molecule has 3 saturated heterocycles. The first-order chi connectivity index (χ1) is 63.8. The van der Waals surface area contributed by atoms with Gasteiger partial charge in [-0.3, -0.25) is 38.4 Å². The fraction of sp³-hybridized carbons (Fsp3) is 0.427. The van der Waals surface area contributed by atoms with Crippen molar-refractivity contribution in [2.45, 2.75) is 212 Å². The van der Waals surface area contributed by atoms with Gasteiger partial charge in [0.2, 0.25) is 65.6 Å². The molecule has 9 heterocycles. The average Bonchev–Trinajstić information content (AvgIpc) is 0.755. The number of nitrogens with one attached hydrogen (secondary N) is 8. The number of unbranched alkanes of at least 4 members (excludes halogenated alkanes) is 3. The number of nitrogens with two attached hydrogens (primary N) is 1. The first-order valence-corrected chi connectivity index (χ1v) is 43.4. The van der Waals surface area contributed by atoms with E-state index in [4.69, 9.17) is 71.6 Å².